The van der Waals surface area contributed by atoms with Crippen molar-refractivity contribution in [2.75, 3.05) is 4.90 Å². The predicted molar refractivity (Wildman–Crippen MR) is 99.1 cm³/mol. The summed E-state index contributed by atoms with van der Waals surface area (Å²) in [4.78, 5) is 28.2. The fraction of sp³-hybridized carbons (Fsp3) is 0.304. The van der Waals surface area contributed by atoms with Crippen molar-refractivity contribution < 1.29 is 9.59 Å². The van der Waals surface area contributed by atoms with Crippen molar-refractivity contribution in [2.24, 2.45) is 29.1 Å². The van der Waals surface area contributed by atoms with E-state index in [-0.39, 0.29) is 40.9 Å². The first-order chi connectivity index (χ1) is 12.7. The van der Waals surface area contributed by atoms with Gasteiger partial charge in [0.05, 0.1) is 17.5 Å². The molecule has 0 radical (unpaired) electrons. The van der Waals surface area contributed by atoms with E-state index in [4.69, 9.17) is 0 Å². The van der Waals surface area contributed by atoms with Crippen LogP contribution < -0.4 is 4.90 Å². The van der Waals surface area contributed by atoms with Crippen LogP contribution in [-0.4, -0.2) is 11.8 Å². The maximum atomic E-state index is 13.4. The Labute approximate surface area is 152 Å². The topological polar surface area (TPSA) is 37.4 Å². The average Bonchev–Trinajstić information content (AvgIpc) is 3.27. The van der Waals surface area contributed by atoms with Crippen molar-refractivity contribution >= 4 is 17.5 Å². The molecular weight excluding hydrogens is 322 g/mol. The average molecular weight is 341 g/mol. The van der Waals surface area contributed by atoms with Gasteiger partial charge in [-0.25, -0.2) is 4.90 Å². The zero-order valence-electron chi connectivity index (χ0n) is 14.3. The van der Waals surface area contributed by atoms with E-state index in [1.165, 1.54) is 17.7 Å². The van der Waals surface area contributed by atoms with Crippen molar-refractivity contribution in [3.8, 4) is 11.1 Å². The second-order valence-electron chi connectivity index (χ2n) is 8.12. The predicted octanol–water partition coefficient (Wildman–Crippen LogP) is 4.06. The molecule has 0 N–H and O–H groups in total. The highest BCUT2D eigenvalue weighted by Crippen LogP contribution is 2.73. The number of hydrogen-bond donors (Lipinski definition) is 0. The Morgan fingerprint density at radius 1 is 0.769 bits per heavy atom. The van der Waals surface area contributed by atoms with Crippen LogP contribution in [0.15, 0.2) is 66.7 Å². The summed E-state index contributed by atoms with van der Waals surface area (Å²) in [7, 11) is 0. The number of allylic oxidation sites excluding steroid dienone is 2. The van der Waals surface area contributed by atoms with Crippen molar-refractivity contribution in [3.05, 3.63) is 66.7 Å². The van der Waals surface area contributed by atoms with Crippen molar-refractivity contribution in [1.82, 2.24) is 0 Å². The van der Waals surface area contributed by atoms with Gasteiger partial charge in [0.1, 0.15) is 0 Å². The van der Waals surface area contributed by atoms with E-state index in [1.807, 2.05) is 54.6 Å². The minimum Gasteiger partial charge on any atom is -0.274 e. The number of carbonyl (C=O) groups excluding carboxylic acids is 2. The zero-order valence-corrected chi connectivity index (χ0v) is 14.3. The molecule has 2 saturated carbocycles. The highest BCUT2D eigenvalue weighted by atomic mass is 16.2. The van der Waals surface area contributed by atoms with E-state index < -0.39 is 0 Å². The zero-order chi connectivity index (χ0) is 17.5. The van der Waals surface area contributed by atoms with Crippen LogP contribution >= 0.6 is 0 Å². The van der Waals surface area contributed by atoms with Crippen molar-refractivity contribution in [3.63, 3.8) is 0 Å². The van der Waals surface area contributed by atoms with E-state index in [0.29, 0.717) is 0 Å². The van der Waals surface area contributed by atoms with Crippen molar-refractivity contribution in [1.29, 1.82) is 0 Å². The molecule has 2 aromatic rings. The van der Waals surface area contributed by atoms with Crippen LogP contribution in [0.25, 0.3) is 11.1 Å². The summed E-state index contributed by atoms with van der Waals surface area (Å²) >= 11 is 0. The van der Waals surface area contributed by atoms with Gasteiger partial charge in [-0.05, 0) is 41.7 Å². The van der Waals surface area contributed by atoms with Crippen LogP contribution in [0, 0.1) is 29.1 Å². The van der Waals surface area contributed by atoms with E-state index in [0.717, 1.165) is 16.8 Å². The molecule has 3 heteroatoms. The standard InChI is InChI=1S/C23H19NO2/c25-21-19-16-10-11-17(23(16)12-13-23)20(19)22(26)24(21)18-9-5-4-8-15(18)14-6-2-1-3-7-14/h1-11,16-17,19-20H,12-13H2/t16-,17-,19-,20-/m1/s1. The monoisotopic (exact) mass is 341 g/mol. The van der Waals surface area contributed by atoms with Crippen LogP contribution in [0.5, 0.6) is 0 Å². The van der Waals surface area contributed by atoms with E-state index in [2.05, 4.69) is 12.2 Å². The summed E-state index contributed by atoms with van der Waals surface area (Å²) in [6.07, 6.45) is 6.78. The lowest BCUT2D eigenvalue weighted by Gasteiger charge is -2.23. The van der Waals surface area contributed by atoms with Gasteiger partial charge in [-0.15, -0.1) is 0 Å². The number of anilines is 1. The third-order valence-corrected chi connectivity index (χ3v) is 7.08. The Morgan fingerprint density at radius 3 is 1.96 bits per heavy atom. The first-order valence-corrected chi connectivity index (χ1v) is 9.43. The summed E-state index contributed by atoms with van der Waals surface area (Å²) in [5.74, 6) is 0.247. The first kappa shape index (κ1) is 14.5. The molecule has 0 aromatic heterocycles. The number of imide groups is 1. The number of nitrogens with zero attached hydrogens (tertiary/aromatic N) is 1. The largest absolute Gasteiger partial charge is 0.274 e. The summed E-state index contributed by atoms with van der Waals surface area (Å²) in [5.41, 5.74) is 2.94. The highest BCUT2D eigenvalue weighted by Gasteiger charge is 2.73. The van der Waals surface area contributed by atoms with Crippen LogP contribution in [0.4, 0.5) is 5.69 Å². The van der Waals surface area contributed by atoms with Gasteiger partial charge < -0.3 is 0 Å². The summed E-state index contributed by atoms with van der Waals surface area (Å²) in [5, 5.41) is 0. The molecule has 1 spiro atoms. The van der Waals surface area contributed by atoms with Gasteiger partial charge in [0, 0.05) is 5.56 Å². The molecule has 3 fully saturated rings. The molecule has 2 bridgehead atoms. The molecule has 2 aromatic carbocycles. The Morgan fingerprint density at radius 2 is 1.35 bits per heavy atom. The van der Waals surface area contributed by atoms with Gasteiger partial charge in [-0.2, -0.15) is 0 Å². The van der Waals surface area contributed by atoms with Gasteiger partial charge in [-0.1, -0.05) is 60.7 Å². The van der Waals surface area contributed by atoms with E-state index in [1.54, 1.807) is 0 Å². The third kappa shape index (κ3) is 1.59. The van der Waals surface area contributed by atoms with Crippen LogP contribution in [0.1, 0.15) is 12.8 Å². The fourth-order valence-corrected chi connectivity index (χ4v) is 5.85. The SMILES string of the molecule is O=C1[C@H]2[C@H](C(=O)N1c1ccccc1-c1ccccc1)[C@H]1C=C[C@H]2C12CC2. The lowest BCUT2D eigenvalue weighted by molar-refractivity contribution is -0.123. The number of hydrogen-bond acceptors (Lipinski definition) is 2. The number of benzene rings is 2. The molecular formula is C23H19NO2. The van der Waals surface area contributed by atoms with Gasteiger partial charge in [0.25, 0.3) is 0 Å². The minimum absolute atomic E-state index is 0.00602. The van der Waals surface area contributed by atoms with Gasteiger partial charge in [-0.3, -0.25) is 9.59 Å². The molecule has 3 aliphatic carbocycles. The number of fused-ring (bicyclic) bond motifs is 3. The Kier molecular flexibility index (Phi) is 2.63. The Hall–Kier alpha value is -2.68. The van der Waals surface area contributed by atoms with Gasteiger partial charge in [0.2, 0.25) is 11.8 Å². The van der Waals surface area contributed by atoms with E-state index in [9.17, 15) is 9.59 Å². The lowest BCUT2D eigenvalue weighted by atomic mass is 9.85. The number of rotatable bonds is 2. The molecule has 128 valence electrons. The fourth-order valence-electron chi connectivity index (χ4n) is 5.85. The highest BCUT2D eigenvalue weighted by molar-refractivity contribution is 6.24. The number of carbonyl (C=O) groups is 2. The maximum Gasteiger partial charge on any atom is 0.238 e. The molecule has 26 heavy (non-hydrogen) atoms. The molecule has 4 atom stereocenters. The Balaban J connectivity index is 1.46. The number of para-hydroxylation sites is 1. The second-order valence-corrected chi connectivity index (χ2v) is 8.12. The molecule has 0 unspecified atom stereocenters. The Bertz CT molecular complexity index is 939. The maximum absolute atomic E-state index is 13.4. The molecule has 2 amide bonds. The van der Waals surface area contributed by atoms with Crippen LogP contribution in [-0.2, 0) is 9.59 Å². The lowest BCUT2D eigenvalue weighted by Crippen LogP contribution is -2.35. The third-order valence-electron chi connectivity index (χ3n) is 7.08. The smallest absolute Gasteiger partial charge is 0.238 e. The van der Waals surface area contributed by atoms with E-state index >= 15 is 0 Å². The normalized spacial score (nSPS) is 32.5. The summed E-state index contributed by atoms with van der Waals surface area (Å²) in [6, 6.07) is 17.8. The first-order valence-electron chi connectivity index (χ1n) is 9.43. The minimum atomic E-state index is -0.149. The van der Waals surface area contributed by atoms with Gasteiger partial charge >= 0.3 is 0 Å². The van der Waals surface area contributed by atoms with Crippen LogP contribution in [0.2, 0.25) is 0 Å². The van der Waals surface area contributed by atoms with Crippen LogP contribution in [0.3, 0.4) is 0 Å². The molecule has 6 rings (SSSR count). The molecule has 4 aliphatic rings. The molecule has 1 saturated heterocycles. The second kappa shape index (κ2) is 4.73. The molecule has 1 aliphatic heterocycles. The van der Waals surface area contributed by atoms with Gasteiger partial charge in [0.15, 0.2) is 0 Å². The summed E-state index contributed by atoms with van der Waals surface area (Å²) in [6.45, 7) is 0. The quantitative estimate of drug-likeness (QED) is 0.610. The molecule has 3 nitrogen and oxygen atoms in total. The summed E-state index contributed by atoms with van der Waals surface area (Å²) < 4.78 is 0. The number of amides is 2. The molecule has 1 heterocycles. The van der Waals surface area contributed by atoms with Crippen molar-refractivity contribution in [2.45, 2.75) is 12.8 Å².